The van der Waals surface area contributed by atoms with Crippen molar-refractivity contribution < 1.29 is 23.8 Å². The molecule has 0 fully saturated rings. The van der Waals surface area contributed by atoms with Crippen LogP contribution < -0.4 is 0 Å². The third-order valence-corrected chi connectivity index (χ3v) is 2.40. The van der Waals surface area contributed by atoms with Crippen molar-refractivity contribution in [3.05, 3.63) is 35.6 Å². The van der Waals surface area contributed by atoms with Gasteiger partial charge >= 0.3 is 11.9 Å². The van der Waals surface area contributed by atoms with E-state index in [1.165, 1.54) is 31.4 Å². The molecule has 0 saturated carbocycles. The number of aliphatic carboxylic acids is 1. The molecular weight excluding hydrogens is 227 g/mol. The molecule has 1 rings (SSSR count). The quantitative estimate of drug-likeness (QED) is 0.799. The Morgan fingerprint density at radius 2 is 1.88 bits per heavy atom. The predicted molar refractivity (Wildman–Crippen MR) is 58.0 cm³/mol. The van der Waals surface area contributed by atoms with E-state index >= 15 is 0 Å². The maximum atomic E-state index is 12.7. The number of carbonyl (C=O) groups excluding carboxylic acids is 1. The summed E-state index contributed by atoms with van der Waals surface area (Å²) in [4.78, 5) is 21.8. The third kappa shape index (κ3) is 4.22. The molecule has 1 aromatic carbocycles. The number of ether oxygens (including phenoxy) is 1. The molecule has 0 heterocycles. The van der Waals surface area contributed by atoms with Crippen molar-refractivity contribution in [2.45, 2.75) is 18.8 Å². The number of carbonyl (C=O) groups is 2. The fraction of sp³-hybridized carbons (Fsp3) is 0.333. The minimum absolute atomic E-state index is 0.0333. The SMILES string of the molecule is COC(=O)C[C@H](CC(=O)O)c1ccc(F)cc1. The fourth-order valence-electron chi connectivity index (χ4n) is 1.54. The van der Waals surface area contributed by atoms with Gasteiger partial charge in [0, 0.05) is 5.92 Å². The van der Waals surface area contributed by atoms with E-state index in [2.05, 4.69) is 4.74 Å². The molecule has 0 radical (unpaired) electrons. The molecule has 0 amide bonds. The highest BCUT2D eigenvalue weighted by atomic mass is 19.1. The van der Waals surface area contributed by atoms with Crippen LogP contribution in [-0.4, -0.2) is 24.2 Å². The lowest BCUT2D eigenvalue weighted by atomic mass is 9.92. The maximum absolute atomic E-state index is 12.7. The lowest BCUT2D eigenvalue weighted by Crippen LogP contribution is -2.12. The molecule has 17 heavy (non-hydrogen) atoms. The van der Waals surface area contributed by atoms with Gasteiger partial charge in [-0.1, -0.05) is 12.1 Å². The first-order valence-corrected chi connectivity index (χ1v) is 5.07. The summed E-state index contributed by atoms with van der Waals surface area (Å²) in [5.41, 5.74) is 0.610. The van der Waals surface area contributed by atoms with Gasteiger partial charge in [0.05, 0.1) is 20.0 Å². The van der Waals surface area contributed by atoms with Gasteiger partial charge in [0.25, 0.3) is 0 Å². The number of rotatable bonds is 5. The van der Waals surface area contributed by atoms with Gasteiger partial charge < -0.3 is 9.84 Å². The summed E-state index contributed by atoms with van der Waals surface area (Å²) >= 11 is 0. The lowest BCUT2D eigenvalue weighted by Gasteiger charge is -2.13. The van der Waals surface area contributed by atoms with Crippen molar-refractivity contribution in [1.82, 2.24) is 0 Å². The molecule has 1 aromatic rings. The molecular formula is C12H13FO4. The van der Waals surface area contributed by atoms with E-state index in [4.69, 9.17) is 5.11 Å². The molecule has 0 aliphatic carbocycles. The first-order valence-electron chi connectivity index (χ1n) is 5.07. The molecule has 0 spiro atoms. The fourth-order valence-corrected chi connectivity index (χ4v) is 1.54. The summed E-state index contributed by atoms with van der Waals surface area (Å²) in [6, 6.07) is 5.43. The number of halogens is 1. The average molecular weight is 240 g/mol. The first-order chi connectivity index (χ1) is 8.02. The number of hydrogen-bond donors (Lipinski definition) is 1. The van der Waals surface area contributed by atoms with Crippen LogP contribution in [-0.2, 0) is 14.3 Å². The largest absolute Gasteiger partial charge is 0.481 e. The molecule has 0 aliphatic rings. The van der Waals surface area contributed by atoms with Crippen LogP contribution in [0.25, 0.3) is 0 Å². The Morgan fingerprint density at radius 1 is 1.29 bits per heavy atom. The Labute approximate surface area is 98.0 Å². The minimum Gasteiger partial charge on any atom is -0.481 e. The molecule has 5 heteroatoms. The highest BCUT2D eigenvalue weighted by Gasteiger charge is 2.19. The smallest absolute Gasteiger partial charge is 0.306 e. The summed E-state index contributed by atoms with van der Waals surface area (Å²) < 4.78 is 17.2. The van der Waals surface area contributed by atoms with Gasteiger partial charge in [-0.2, -0.15) is 0 Å². The Kier molecular flexibility index (Phi) is 4.63. The summed E-state index contributed by atoms with van der Waals surface area (Å²) in [7, 11) is 1.24. The number of methoxy groups -OCH3 is 1. The zero-order valence-electron chi connectivity index (χ0n) is 9.35. The minimum atomic E-state index is -1.01. The van der Waals surface area contributed by atoms with E-state index in [9.17, 15) is 14.0 Å². The Balaban J connectivity index is 2.85. The van der Waals surface area contributed by atoms with Crippen LogP contribution in [0.4, 0.5) is 4.39 Å². The van der Waals surface area contributed by atoms with E-state index in [0.29, 0.717) is 5.56 Å². The van der Waals surface area contributed by atoms with E-state index < -0.39 is 23.7 Å². The monoisotopic (exact) mass is 240 g/mol. The van der Waals surface area contributed by atoms with Crippen LogP contribution in [0.1, 0.15) is 24.3 Å². The Bertz CT molecular complexity index is 399. The van der Waals surface area contributed by atoms with E-state index in [0.717, 1.165) is 0 Å². The standard InChI is InChI=1S/C12H13FO4/c1-17-12(16)7-9(6-11(14)15)8-2-4-10(13)5-3-8/h2-5,9H,6-7H2,1H3,(H,14,15)/t9-/m0/s1. The Morgan fingerprint density at radius 3 is 2.35 bits per heavy atom. The molecule has 92 valence electrons. The van der Waals surface area contributed by atoms with Crippen LogP contribution in [0.3, 0.4) is 0 Å². The van der Waals surface area contributed by atoms with Crippen molar-refractivity contribution in [2.75, 3.05) is 7.11 Å². The third-order valence-electron chi connectivity index (χ3n) is 2.40. The average Bonchev–Trinajstić information content (AvgIpc) is 2.28. The second kappa shape index (κ2) is 5.98. The van der Waals surface area contributed by atoms with Gasteiger partial charge in [-0.15, -0.1) is 0 Å². The maximum Gasteiger partial charge on any atom is 0.306 e. The molecule has 0 unspecified atom stereocenters. The highest BCUT2D eigenvalue weighted by molar-refractivity contribution is 5.73. The first kappa shape index (κ1) is 13.2. The van der Waals surface area contributed by atoms with Crippen LogP contribution in [0.5, 0.6) is 0 Å². The Hall–Kier alpha value is -1.91. The molecule has 4 nitrogen and oxygen atoms in total. The lowest BCUT2D eigenvalue weighted by molar-refractivity contribution is -0.141. The zero-order chi connectivity index (χ0) is 12.8. The molecule has 1 atom stereocenters. The molecule has 0 aliphatic heterocycles. The summed E-state index contributed by atoms with van der Waals surface area (Å²) in [5.74, 6) is -2.40. The molecule has 0 saturated heterocycles. The van der Waals surface area contributed by atoms with Crippen LogP contribution in [0, 0.1) is 5.82 Å². The number of carboxylic acid groups (broad SMARTS) is 1. The van der Waals surface area contributed by atoms with E-state index in [-0.39, 0.29) is 12.8 Å². The summed E-state index contributed by atoms with van der Waals surface area (Å²) in [6.45, 7) is 0. The van der Waals surface area contributed by atoms with Crippen LogP contribution in [0.15, 0.2) is 24.3 Å². The van der Waals surface area contributed by atoms with Crippen molar-refractivity contribution in [1.29, 1.82) is 0 Å². The number of hydrogen-bond acceptors (Lipinski definition) is 3. The van der Waals surface area contributed by atoms with Crippen LogP contribution in [0.2, 0.25) is 0 Å². The molecule has 1 N–H and O–H groups in total. The predicted octanol–water partition coefficient (Wildman–Crippen LogP) is 1.95. The normalized spacial score (nSPS) is 11.9. The number of esters is 1. The number of carboxylic acids is 1. The summed E-state index contributed by atoms with van der Waals surface area (Å²) in [5, 5.41) is 8.76. The molecule has 0 bridgehead atoms. The zero-order valence-corrected chi connectivity index (χ0v) is 9.35. The van der Waals surface area contributed by atoms with Gasteiger partial charge in [0.15, 0.2) is 0 Å². The van der Waals surface area contributed by atoms with Crippen molar-refractivity contribution in [3.8, 4) is 0 Å². The second-order valence-electron chi connectivity index (χ2n) is 3.63. The van der Waals surface area contributed by atoms with Crippen molar-refractivity contribution in [2.24, 2.45) is 0 Å². The van der Waals surface area contributed by atoms with Gasteiger partial charge in [-0.25, -0.2) is 4.39 Å². The summed E-state index contributed by atoms with van der Waals surface area (Å²) in [6.07, 6.45) is -0.227. The van der Waals surface area contributed by atoms with Crippen molar-refractivity contribution in [3.63, 3.8) is 0 Å². The van der Waals surface area contributed by atoms with Crippen LogP contribution >= 0.6 is 0 Å². The molecule has 0 aromatic heterocycles. The van der Waals surface area contributed by atoms with Gasteiger partial charge in [-0.3, -0.25) is 9.59 Å². The van der Waals surface area contributed by atoms with E-state index in [1.54, 1.807) is 0 Å². The van der Waals surface area contributed by atoms with Gasteiger partial charge in [-0.05, 0) is 17.7 Å². The second-order valence-corrected chi connectivity index (χ2v) is 3.63. The van der Waals surface area contributed by atoms with Crippen molar-refractivity contribution >= 4 is 11.9 Å². The topological polar surface area (TPSA) is 63.6 Å². The van der Waals surface area contributed by atoms with Gasteiger partial charge in [0.1, 0.15) is 5.82 Å². The van der Waals surface area contributed by atoms with E-state index in [1.807, 2.05) is 0 Å². The highest BCUT2D eigenvalue weighted by Crippen LogP contribution is 2.24. The van der Waals surface area contributed by atoms with Gasteiger partial charge in [0.2, 0.25) is 0 Å². The number of benzene rings is 1.